The topological polar surface area (TPSA) is 78.5 Å². The molecule has 1 aliphatic heterocycles. The molecule has 2 aromatic rings. The van der Waals surface area contributed by atoms with Gasteiger partial charge in [0.05, 0.1) is 4.90 Å². The number of carbonyl (C=O) groups excluding carboxylic acids is 1. The highest BCUT2D eigenvalue weighted by Gasteiger charge is 2.16. The van der Waals surface area contributed by atoms with Gasteiger partial charge in [0, 0.05) is 25.2 Å². The summed E-state index contributed by atoms with van der Waals surface area (Å²) < 4.78 is 25.7. The second-order valence-electron chi connectivity index (χ2n) is 7.71. The molecule has 0 radical (unpaired) electrons. The van der Waals surface area contributed by atoms with E-state index in [0.29, 0.717) is 12.1 Å². The molecule has 0 aromatic heterocycles. The van der Waals surface area contributed by atoms with Crippen molar-refractivity contribution in [3.63, 3.8) is 0 Å². The SMILES string of the molecule is CNS(=O)(=O)c1ccc(C(=O)NCc2ccc(CN3CCCC(C)C3)cc2)cc1. The number of benzene rings is 2. The van der Waals surface area contributed by atoms with Crippen molar-refractivity contribution in [2.24, 2.45) is 5.92 Å². The molecule has 1 heterocycles. The quantitative estimate of drug-likeness (QED) is 0.729. The molecule has 1 fully saturated rings. The van der Waals surface area contributed by atoms with Crippen molar-refractivity contribution < 1.29 is 13.2 Å². The molecule has 2 N–H and O–H groups in total. The predicted molar refractivity (Wildman–Crippen MR) is 114 cm³/mol. The van der Waals surface area contributed by atoms with Crippen LogP contribution in [0.15, 0.2) is 53.4 Å². The van der Waals surface area contributed by atoms with Gasteiger partial charge in [-0.3, -0.25) is 9.69 Å². The number of amides is 1. The first-order valence-electron chi connectivity index (χ1n) is 9.99. The number of likely N-dealkylation sites (tertiary alicyclic amines) is 1. The summed E-state index contributed by atoms with van der Waals surface area (Å²) in [5.41, 5.74) is 2.75. The zero-order valence-corrected chi connectivity index (χ0v) is 17.8. The van der Waals surface area contributed by atoms with Crippen LogP contribution in [0.25, 0.3) is 0 Å². The Hall–Kier alpha value is -2.22. The Balaban J connectivity index is 1.52. The van der Waals surface area contributed by atoms with Crippen LogP contribution >= 0.6 is 0 Å². The van der Waals surface area contributed by atoms with Gasteiger partial charge in [0.25, 0.3) is 5.91 Å². The summed E-state index contributed by atoms with van der Waals surface area (Å²) in [7, 11) is -2.14. The van der Waals surface area contributed by atoms with Gasteiger partial charge < -0.3 is 5.32 Å². The molecule has 0 saturated carbocycles. The first-order chi connectivity index (χ1) is 13.9. The van der Waals surface area contributed by atoms with Gasteiger partial charge in [-0.1, -0.05) is 31.2 Å². The van der Waals surface area contributed by atoms with Gasteiger partial charge in [0.2, 0.25) is 10.0 Å². The molecule has 6 nitrogen and oxygen atoms in total. The molecule has 7 heteroatoms. The molecule has 1 atom stereocenters. The fourth-order valence-electron chi connectivity index (χ4n) is 3.64. The lowest BCUT2D eigenvalue weighted by Gasteiger charge is -2.30. The van der Waals surface area contributed by atoms with E-state index in [9.17, 15) is 13.2 Å². The zero-order valence-electron chi connectivity index (χ0n) is 17.0. The van der Waals surface area contributed by atoms with E-state index in [0.717, 1.165) is 31.1 Å². The summed E-state index contributed by atoms with van der Waals surface area (Å²) in [6.45, 7) is 6.03. The molecule has 1 unspecified atom stereocenters. The highest BCUT2D eigenvalue weighted by molar-refractivity contribution is 7.89. The summed E-state index contributed by atoms with van der Waals surface area (Å²) in [6.07, 6.45) is 2.59. The van der Waals surface area contributed by atoms with E-state index < -0.39 is 10.0 Å². The molecule has 0 aliphatic carbocycles. The van der Waals surface area contributed by atoms with Crippen LogP contribution in [0.4, 0.5) is 0 Å². The van der Waals surface area contributed by atoms with E-state index in [4.69, 9.17) is 0 Å². The van der Waals surface area contributed by atoms with Crippen molar-refractivity contribution in [3.05, 3.63) is 65.2 Å². The summed E-state index contributed by atoms with van der Waals surface area (Å²) in [6, 6.07) is 14.2. The van der Waals surface area contributed by atoms with Crippen LogP contribution in [-0.4, -0.2) is 39.4 Å². The third-order valence-electron chi connectivity index (χ3n) is 5.32. The van der Waals surface area contributed by atoms with Gasteiger partial charge in [-0.05, 0) is 67.7 Å². The van der Waals surface area contributed by atoms with Crippen molar-refractivity contribution >= 4 is 15.9 Å². The van der Waals surface area contributed by atoms with E-state index in [1.165, 1.54) is 49.7 Å². The van der Waals surface area contributed by atoms with Crippen molar-refractivity contribution in [3.8, 4) is 0 Å². The van der Waals surface area contributed by atoms with E-state index in [2.05, 4.69) is 34.0 Å². The molecule has 1 aliphatic rings. The molecule has 3 rings (SSSR count). The fourth-order valence-corrected chi connectivity index (χ4v) is 4.37. The number of rotatable bonds is 7. The molecular weight excluding hydrogens is 386 g/mol. The van der Waals surface area contributed by atoms with Crippen molar-refractivity contribution in [1.29, 1.82) is 0 Å². The Labute approximate surface area is 173 Å². The Morgan fingerprint density at radius 1 is 1.07 bits per heavy atom. The van der Waals surface area contributed by atoms with Crippen LogP contribution in [0, 0.1) is 5.92 Å². The predicted octanol–water partition coefficient (Wildman–Crippen LogP) is 2.76. The minimum absolute atomic E-state index is 0.134. The normalized spacial score (nSPS) is 17.8. The van der Waals surface area contributed by atoms with Crippen molar-refractivity contribution in [2.75, 3.05) is 20.1 Å². The van der Waals surface area contributed by atoms with E-state index in [-0.39, 0.29) is 10.8 Å². The molecule has 1 amide bonds. The van der Waals surface area contributed by atoms with Gasteiger partial charge in [-0.15, -0.1) is 0 Å². The monoisotopic (exact) mass is 415 g/mol. The first kappa shape index (κ1) is 21.5. The summed E-state index contributed by atoms with van der Waals surface area (Å²) in [4.78, 5) is 15.0. The van der Waals surface area contributed by atoms with Gasteiger partial charge in [0.1, 0.15) is 0 Å². The maximum Gasteiger partial charge on any atom is 0.251 e. The number of piperidine rings is 1. The number of hydrogen-bond donors (Lipinski definition) is 2. The molecule has 2 aromatic carbocycles. The van der Waals surface area contributed by atoms with E-state index in [1.54, 1.807) is 0 Å². The average Bonchev–Trinajstić information content (AvgIpc) is 2.73. The molecule has 0 spiro atoms. The van der Waals surface area contributed by atoms with Crippen LogP contribution in [0.3, 0.4) is 0 Å². The first-order valence-corrected chi connectivity index (χ1v) is 11.5. The molecule has 0 bridgehead atoms. The van der Waals surface area contributed by atoms with Crippen LogP contribution < -0.4 is 10.0 Å². The van der Waals surface area contributed by atoms with Crippen molar-refractivity contribution in [1.82, 2.24) is 14.9 Å². The van der Waals surface area contributed by atoms with Crippen LogP contribution in [0.5, 0.6) is 0 Å². The maximum absolute atomic E-state index is 12.3. The zero-order chi connectivity index (χ0) is 20.9. The lowest BCUT2D eigenvalue weighted by Crippen LogP contribution is -2.33. The lowest BCUT2D eigenvalue weighted by molar-refractivity contribution is 0.0951. The van der Waals surface area contributed by atoms with Crippen LogP contribution in [0.1, 0.15) is 41.3 Å². The lowest BCUT2D eigenvalue weighted by atomic mass is 9.99. The summed E-state index contributed by atoms with van der Waals surface area (Å²) >= 11 is 0. The average molecular weight is 416 g/mol. The number of hydrogen-bond acceptors (Lipinski definition) is 4. The van der Waals surface area contributed by atoms with E-state index in [1.807, 2.05) is 12.1 Å². The Morgan fingerprint density at radius 2 is 1.72 bits per heavy atom. The number of sulfonamides is 1. The third-order valence-corrected chi connectivity index (χ3v) is 6.75. The minimum Gasteiger partial charge on any atom is -0.348 e. The molecule has 156 valence electrons. The molecular formula is C22H29N3O3S. The highest BCUT2D eigenvalue weighted by atomic mass is 32.2. The van der Waals surface area contributed by atoms with Crippen LogP contribution in [-0.2, 0) is 23.1 Å². The standard InChI is InChI=1S/C22H29N3O3S/c1-17-4-3-13-25(15-17)16-19-7-5-18(6-8-19)14-24-22(26)20-9-11-21(12-10-20)29(27,28)23-2/h5-12,17,23H,3-4,13-16H2,1-2H3,(H,24,26). The number of nitrogens with zero attached hydrogens (tertiary/aromatic N) is 1. The van der Waals surface area contributed by atoms with Gasteiger partial charge in [0.15, 0.2) is 0 Å². The van der Waals surface area contributed by atoms with E-state index >= 15 is 0 Å². The summed E-state index contributed by atoms with van der Waals surface area (Å²) in [5, 5.41) is 2.88. The fraction of sp³-hybridized carbons (Fsp3) is 0.409. The van der Waals surface area contributed by atoms with Gasteiger partial charge in [-0.2, -0.15) is 0 Å². The largest absolute Gasteiger partial charge is 0.348 e. The Kier molecular flexibility index (Phi) is 7.05. The van der Waals surface area contributed by atoms with Gasteiger partial charge >= 0.3 is 0 Å². The second-order valence-corrected chi connectivity index (χ2v) is 9.60. The minimum atomic E-state index is -3.50. The molecule has 1 saturated heterocycles. The van der Waals surface area contributed by atoms with Crippen LogP contribution in [0.2, 0.25) is 0 Å². The summed E-state index contributed by atoms with van der Waals surface area (Å²) in [5.74, 6) is 0.537. The molecule has 29 heavy (non-hydrogen) atoms. The Bertz CT molecular complexity index is 925. The van der Waals surface area contributed by atoms with Crippen molar-refractivity contribution in [2.45, 2.75) is 37.8 Å². The smallest absolute Gasteiger partial charge is 0.251 e. The van der Waals surface area contributed by atoms with Gasteiger partial charge in [-0.25, -0.2) is 13.1 Å². The number of nitrogens with one attached hydrogen (secondary N) is 2. The number of carbonyl (C=O) groups is 1. The highest BCUT2D eigenvalue weighted by Crippen LogP contribution is 2.18. The third kappa shape index (κ3) is 5.88. The maximum atomic E-state index is 12.3. The Morgan fingerprint density at radius 3 is 2.34 bits per heavy atom. The second kappa shape index (κ2) is 9.52.